The van der Waals surface area contributed by atoms with Crippen molar-refractivity contribution in [3.63, 3.8) is 0 Å². The molecule has 4 aliphatic carbocycles. The molecule has 0 bridgehead atoms. The van der Waals surface area contributed by atoms with E-state index in [-0.39, 0.29) is 0 Å². The second kappa shape index (κ2) is 3.22. The molecule has 0 spiro atoms. The highest BCUT2D eigenvalue weighted by molar-refractivity contribution is 5.55. The third-order valence-electron chi connectivity index (χ3n) is 4.43. The molecule has 0 amide bonds. The zero-order valence-electron chi connectivity index (χ0n) is 10.1. The Morgan fingerprint density at radius 2 is 1.88 bits per heavy atom. The Kier molecular flexibility index (Phi) is 1.80. The molecule has 0 N–H and O–H groups in total. The van der Waals surface area contributed by atoms with E-state index in [2.05, 4.69) is 55.5 Å². The van der Waals surface area contributed by atoms with Gasteiger partial charge in [-0.2, -0.15) is 0 Å². The summed E-state index contributed by atoms with van der Waals surface area (Å²) in [6.07, 6.45) is 20.0. The lowest BCUT2D eigenvalue weighted by Crippen LogP contribution is -2.33. The van der Waals surface area contributed by atoms with Gasteiger partial charge in [0.25, 0.3) is 0 Å². The van der Waals surface area contributed by atoms with Crippen LogP contribution in [0.1, 0.15) is 13.3 Å². The Hall–Kier alpha value is -1.56. The standard InChI is InChI=1S/C17H16/c1-11-9-14-7-5-12-3-2-4-13-6-8-15(10-11)17(14)16(12)13/h2-3,5-10,13,16-17H,4H2,1H3/t13?,16?,17-/m1/s1. The van der Waals surface area contributed by atoms with Crippen LogP contribution in [0.2, 0.25) is 0 Å². The number of hydrogen-bond acceptors (Lipinski definition) is 0. The van der Waals surface area contributed by atoms with E-state index in [1.54, 1.807) is 0 Å². The zero-order valence-corrected chi connectivity index (χ0v) is 10.1. The van der Waals surface area contributed by atoms with E-state index in [4.69, 9.17) is 0 Å². The third kappa shape index (κ3) is 1.24. The Bertz CT molecular complexity index is 561. The van der Waals surface area contributed by atoms with E-state index in [1.807, 2.05) is 0 Å². The molecule has 0 heteroatoms. The van der Waals surface area contributed by atoms with E-state index in [0.717, 1.165) is 0 Å². The van der Waals surface area contributed by atoms with Crippen molar-refractivity contribution in [1.29, 1.82) is 0 Å². The van der Waals surface area contributed by atoms with Crippen LogP contribution in [0, 0.1) is 17.8 Å². The molecule has 0 saturated heterocycles. The highest BCUT2D eigenvalue weighted by Gasteiger charge is 2.39. The summed E-state index contributed by atoms with van der Waals surface area (Å²) in [7, 11) is 0. The van der Waals surface area contributed by atoms with Gasteiger partial charge in [0.05, 0.1) is 0 Å². The van der Waals surface area contributed by atoms with Crippen LogP contribution in [0.25, 0.3) is 0 Å². The fraction of sp³-hybridized carbons (Fsp3) is 0.294. The van der Waals surface area contributed by atoms with Gasteiger partial charge in [-0.15, -0.1) is 0 Å². The van der Waals surface area contributed by atoms with Gasteiger partial charge in [0.2, 0.25) is 0 Å². The van der Waals surface area contributed by atoms with Gasteiger partial charge in [0.1, 0.15) is 0 Å². The van der Waals surface area contributed by atoms with Crippen molar-refractivity contribution in [1.82, 2.24) is 0 Å². The van der Waals surface area contributed by atoms with Gasteiger partial charge < -0.3 is 0 Å². The maximum atomic E-state index is 2.42. The maximum Gasteiger partial charge on any atom is 0.0164 e. The molecule has 4 rings (SSSR count). The molecule has 17 heavy (non-hydrogen) atoms. The first-order chi connectivity index (χ1) is 8.33. The van der Waals surface area contributed by atoms with Crippen LogP contribution in [-0.2, 0) is 0 Å². The van der Waals surface area contributed by atoms with E-state index in [1.165, 1.54) is 28.7 Å². The molecule has 4 aliphatic rings. The molecule has 2 unspecified atom stereocenters. The summed E-state index contributed by atoms with van der Waals surface area (Å²) in [5, 5.41) is 0. The summed E-state index contributed by atoms with van der Waals surface area (Å²) in [5.41, 5.74) is 5.93. The molecular weight excluding hydrogens is 204 g/mol. The Labute approximate surface area is 102 Å². The van der Waals surface area contributed by atoms with Crippen molar-refractivity contribution in [2.75, 3.05) is 0 Å². The molecule has 0 fully saturated rings. The molecule has 0 aromatic heterocycles. The second-order valence-corrected chi connectivity index (χ2v) is 5.53. The van der Waals surface area contributed by atoms with Crippen LogP contribution in [-0.4, -0.2) is 0 Å². The molecule has 84 valence electrons. The predicted octanol–water partition coefficient (Wildman–Crippen LogP) is 4.12. The van der Waals surface area contributed by atoms with Gasteiger partial charge in [0.15, 0.2) is 0 Å². The molecule has 0 radical (unpaired) electrons. The van der Waals surface area contributed by atoms with Crippen LogP contribution in [0.3, 0.4) is 0 Å². The molecule has 0 heterocycles. The van der Waals surface area contributed by atoms with E-state index in [9.17, 15) is 0 Å². The summed E-state index contributed by atoms with van der Waals surface area (Å²) in [6, 6.07) is 0. The van der Waals surface area contributed by atoms with Gasteiger partial charge in [-0.3, -0.25) is 0 Å². The van der Waals surface area contributed by atoms with Crippen LogP contribution >= 0.6 is 0 Å². The lowest BCUT2D eigenvalue weighted by molar-refractivity contribution is 0.363. The Balaban J connectivity index is 1.96. The van der Waals surface area contributed by atoms with Crippen LogP contribution in [0.15, 0.2) is 70.9 Å². The van der Waals surface area contributed by atoms with E-state index >= 15 is 0 Å². The number of rotatable bonds is 0. The van der Waals surface area contributed by atoms with Crippen molar-refractivity contribution >= 4 is 0 Å². The van der Waals surface area contributed by atoms with Gasteiger partial charge in [-0.05, 0) is 36.0 Å². The first-order valence-electron chi connectivity index (χ1n) is 6.49. The number of allylic oxidation sites excluding steroid dienone is 12. The monoisotopic (exact) mass is 220 g/mol. The average Bonchev–Trinajstić information content (AvgIpc) is 2.35. The predicted molar refractivity (Wildman–Crippen MR) is 71.4 cm³/mol. The first kappa shape index (κ1) is 9.47. The van der Waals surface area contributed by atoms with Gasteiger partial charge in [0, 0.05) is 11.8 Å². The third-order valence-corrected chi connectivity index (χ3v) is 4.43. The van der Waals surface area contributed by atoms with Crippen LogP contribution < -0.4 is 0 Å². The maximum absolute atomic E-state index is 2.42. The minimum absolute atomic E-state index is 0.624. The van der Waals surface area contributed by atoms with Crippen molar-refractivity contribution in [2.45, 2.75) is 13.3 Å². The fourth-order valence-corrected chi connectivity index (χ4v) is 3.76. The fourth-order valence-electron chi connectivity index (χ4n) is 3.76. The second-order valence-electron chi connectivity index (χ2n) is 5.53. The highest BCUT2D eigenvalue weighted by Crippen LogP contribution is 2.50. The van der Waals surface area contributed by atoms with E-state index in [0.29, 0.717) is 17.8 Å². The van der Waals surface area contributed by atoms with Crippen molar-refractivity contribution in [3.8, 4) is 0 Å². The molecule has 0 saturated carbocycles. The SMILES string of the molecule is CC1=CC2=CC=C3C=CCC4C=CC(=C1)[C@@H]2C34. The summed E-state index contributed by atoms with van der Waals surface area (Å²) in [5.74, 6) is 2.03. The lowest BCUT2D eigenvalue weighted by atomic mass is 9.61. The van der Waals surface area contributed by atoms with Crippen LogP contribution in [0.4, 0.5) is 0 Å². The summed E-state index contributed by atoms with van der Waals surface area (Å²) >= 11 is 0. The molecule has 0 aromatic carbocycles. The topological polar surface area (TPSA) is 0 Å². The Morgan fingerprint density at radius 3 is 2.82 bits per heavy atom. The smallest absolute Gasteiger partial charge is 0.0164 e. The van der Waals surface area contributed by atoms with E-state index < -0.39 is 0 Å². The minimum Gasteiger partial charge on any atom is -0.0836 e. The summed E-state index contributed by atoms with van der Waals surface area (Å²) in [6.45, 7) is 2.20. The zero-order chi connectivity index (χ0) is 11.4. The quantitative estimate of drug-likeness (QED) is 0.576. The van der Waals surface area contributed by atoms with Gasteiger partial charge >= 0.3 is 0 Å². The molecule has 0 nitrogen and oxygen atoms in total. The molecular formula is C17H16. The first-order valence-corrected chi connectivity index (χ1v) is 6.49. The summed E-state index contributed by atoms with van der Waals surface area (Å²) < 4.78 is 0. The van der Waals surface area contributed by atoms with Gasteiger partial charge in [-0.25, -0.2) is 0 Å². The van der Waals surface area contributed by atoms with Gasteiger partial charge in [-0.1, -0.05) is 54.2 Å². The molecule has 0 aliphatic heterocycles. The summed E-state index contributed by atoms with van der Waals surface area (Å²) in [4.78, 5) is 0. The van der Waals surface area contributed by atoms with Crippen LogP contribution in [0.5, 0.6) is 0 Å². The largest absolute Gasteiger partial charge is 0.0836 e. The minimum atomic E-state index is 0.624. The lowest BCUT2D eigenvalue weighted by Gasteiger charge is -2.43. The molecule has 0 aromatic rings. The van der Waals surface area contributed by atoms with Crippen molar-refractivity contribution in [3.05, 3.63) is 70.9 Å². The normalized spacial score (nSPS) is 36.6. The highest BCUT2D eigenvalue weighted by atomic mass is 14.4. The van der Waals surface area contributed by atoms with Crippen molar-refractivity contribution in [2.24, 2.45) is 17.8 Å². The Morgan fingerprint density at radius 1 is 1.00 bits per heavy atom. The average molecular weight is 220 g/mol. The number of hydrogen-bond donors (Lipinski definition) is 0. The van der Waals surface area contributed by atoms with Crippen molar-refractivity contribution < 1.29 is 0 Å². The molecule has 3 atom stereocenters.